The van der Waals surface area contributed by atoms with E-state index >= 15 is 0 Å². The summed E-state index contributed by atoms with van der Waals surface area (Å²) in [6, 6.07) is 10.3. The van der Waals surface area contributed by atoms with Crippen molar-refractivity contribution in [3.8, 4) is 0 Å². The van der Waals surface area contributed by atoms with Crippen LogP contribution in [0.4, 0.5) is 0 Å². The molecule has 0 N–H and O–H groups in total. The van der Waals surface area contributed by atoms with E-state index in [4.69, 9.17) is 9.47 Å². The van der Waals surface area contributed by atoms with Gasteiger partial charge in [-0.15, -0.1) is 0 Å². The Bertz CT molecular complexity index is 322. The van der Waals surface area contributed by atoms with Gasteiger partial charge in [-0.1, -0.05) is 30.3 Å². The summed E-state index contributed by atoms with van der Waals surface area (Å²) >= 11 is 0. The molecule has 2 heteroatoms. The summed E-state index contributed by atoms with van der Waals surface area (Å²) in [6.45, 7) is 0.678. The molecule has 0 spiro atoms. The van der Waals surface area contributed by atoms with Crippen LogP contribution < -0.4 is 0 Å². The Balaban J connectivity index is 1.60. The molecule has 74 valence electrons. The lowest BCUT2D eigenvalue weighted by Gasteiger charge is -2.10. The van der Waals surface area contributed by atoms with Crippen LogP contribution in [0.1, 0.15) is 24.8 Å². The van der Waals surface area contributed by atoms with Gasteiger partial charge in [-0.05, 0) is 18.4 Å². The Morgan fingerprint density at radius 1 is 1.36 bits per heavy atom. The first-order valence-electron chi connectivity index (χ1n) is 5.25. The Labute approximate surface area is 83.8 Å². The predicted molar refractivity (Wildman–Crippen MR) is 52.7 cm³/mol. The molecule has 0 bridgehead atoms. The first kappa shape index (κ1) is 8.45. The summed E-state index contributed by atoms with van der Waals surface area (Å²) < 4.78 is 11.4. The van der Waals surface area contributed by atoms with E-state index in [9.17, 15) is 0 Å². The molecule has 1 saturated carbocycles. The molecule has 2 nitrogen and oxygen atoms in total. The largest absolute Gasteiger partial charge is 0.343 e. The van der Waals surface area contributed by atoms with Gasteiger partial charge in [-0.25, -0.2) is 0 Å². The number of hydrogen-bond acceptors (Lipinski definition) is 2. The zero-order valence-electron chi connectivity index (χ0n) is 8.11. The number of benzene rings is 1. The van der Waals surface area contributed by atoms with E-state index in [1.165, 1.54) is 18.4 Å². The average molecular weight is 190 g/mol. The van der Waals surface area contributed by atoms with Crippen molar-refractivity contribution >= 4 is 0 Å². The average Bonchev–Trinajstić information content (AvgIpc) is 2.80. The van der Waals surface area contributed by atoms with Gasteiger partial charge in [0.1, 0.15) is 6.10 Å². The van der Waals surface area contributed by atoms with E-state index in [-0.39, 0.29) is 5.79 Å². The van der Waals surface area contributed by atoms with Crippen LogP contribution in [0, 0.1) is 0 Å². The van der Waals surface area contributed by atoms with E-state index in [1.807, 2.05) is 18.2 Å². The predicted octanol–water partition coefficient (Wildman–Crippen LogP) is 2.48. The smallest absolute Gasteiger partial charge is 0.195 e. The van der Waals surface area contributed by atoms with Crippen molar-refractivity contribution in [1.82, 2.24) is 0 Å². The summed E-state index contributed by atoms with van der Waals surface area (Å²) in [4.78, 5) is 0. The maximum atomic E-state index is 5.83. The number of epoxide rings is 1. The lowest BCUT2D eigenvalue weighted by molar-refractivity contribution is -0.0577. The van der Waals surface area contributed by atoms with Gasteiger partial charge < -0.3 is 9.47 Å². The molecule has 2 atom stereocenters. The van der Waals surface area contributed by atoms with Gasteiger partial charge in [0.05, 0.1) is 6.61 Å². The fourth-order valence-corrected chi connectivity index (χ4v) is 2.22. The molecular weight excluding hydrogens is 176 g/mol. The second-order valence-electron chi connectivity index (χ2n) is 4.08. The molecular formula is C12H14O2. The van der Waals surface area contributed by atoms with Gasteiger partial charge >= 0.3 is 0 Å². The van der Waals surface area contributed by atoms with Gasteiger partial charge in [0, 0.05) is 6.42 Å². The molecule has 1 aromatic rings. The first-order chi connectivity index (χ1) is 6.89. The minimum atomic E-state index is -0.185. The zero-order valence-corrected chi connectivity index (χ0v) is 8.11. The molecule has 1 aromatic carbocycles. The Kier molecular flexibility index (Phi) is 1.85. The topological polar surface area (TPSA) is 21.8 Å². The minimum absolute atomic E-state index is 0.185. The van der Waals surface area contributed by atoms with Crippen molar-refractivity contribution in [3.05, 3.63) is 35.9 Å². The van der Waals surface area contributed by atoms with Crippen molar-refractivity contribution < 1.29 is 9.47 Å². The lowest BCUT2D eigenvalue weighted by atomic mass is 10.2. The molecule has 2 aliphatic rings. The van der Waals surface area contributed by atoms with Gasteiger partial charge in [0.2, 0.25) is 0 Å². The van der Waals surface area contributed by atoms with Crippen molar-refractivity contribution in [1.29, 1.82) is 0 Å². The molecule has 0 radical (unpaired) electrons. The number of fused-ring (bicyclic) bond motifs is 1. The first-order valence-corrected chi connectivity index (χ1v) is 5.25. The van der Waals surface area contributed by atoms with Crippen LogP contribution >= 0.6 is 0 Å². The van der Waals surface area contributed by atoms with E-state index < -0.39 is 0 Å². The van der Waals surface area contributed by atoms with E-state index in [1.54, 1.807) is 0 Å². The monoisotopic (exact) mass is 190 g/mol. The number of ether oxygens (including phenoxy) is 2. The molecule has 1 aliphatic heterocycles. The number of rotatable bonds is 3. The van der Waals surface area contributed by atoms with Crippen molar-refractivity contribution in [2.75, 3.05) is 0 Å². The molecule has 0 amide bonds. The summed E-state index contributed by atoms with van der Waals surface area (Å²) in [7, 11) is 0. The lowest BCUT2D eigenvalue weighted by Crippen LogP contribution is -2.14. The fourth-order valence-electron chi connectivity index (χ4n) is 2.22. The van der Waals surface area contributed by atoms with Crippen LogP contribution in [0.25, 0.3) is 0 Å². The van der Waals surface area contributed by atoms with Crippen LogP contribution in [0.2, 0.25) is 0 Å². The van der Waals surface area contributed by atoms with Gasteiger partial charge in [-0.2, -0.15) is 0 Å². The van der Waals surface area contributed by atoms with Crippen LogP contribution in [-0.2, 0) is 16.1 Å². The Morgan fingerprint density at radius 2 is 2.21 bits per heavy atom. The summed E-state index contributed by atoms with van der Waals surface area (Å²) in [5, 5.41) is 0. The zero-order chi connectivity index (χ0) is 9.43. The minimum Gasteiger partial charge on any atom is -0.343 e. The highest BCUT2D eigenvalue weighted by atomic mass is 16.8. The molecule has 1 saturated heterocycles. The molecule has 0 aromatic heterocycles. The van der Waals surface area contributed by atoms with Crippen molar-refractivity contribution in [3.63, 3.8) is 0 Å². The SMILES string of the molecule is c1ccc(COC23CCCC2O3)cc1. The van der Waals surface area contributed by atoms with Gasteiger partial charge in [0.25, 0.3) is 0 Å². The summed E-state index contributed by atoms with van der Waals surface area (Å²) in [5.41, 5.74) is 1.23. The second kappa shape index (κ2) is 3.07. The van der Waals surface area contributed by atoms with E-state index in [0.29, 0.717) is 12.7 Å². The van der Waals surface area contributed by atoms with Crippen LogP contribution in [0.3, 0.4) is 0 Å². The molecule has 3 rings (SSSR count). The third-order valence-electron chi connectivity index (χ3n) is 3.09. The Morgan fingerprint density at radius 3 is 2.86 bits per heavy atom. The second-order valence-corrected chi connectivity index (χ2v) is 4.08. The van der Waals surface area contributed by atoms with Crippen LogP contribution in [0.5, 0.6) is 0 Å². The summed E-state index contributed by atoms with van der Waals surface area (Å²) in [5.74, 6) is -0.185. The Hall–Kier alpha value is -0.860. The quantitative estimate of drug-likeness (QED) is 0.683. The highest BCUT2D eigenvalue weighted by molar-refractivity contribution is 5.14. The van der Waals surface area contributed by atoms with Crippen molar-refractivity contribution in [2.45, 2.75) is 37.8 Å². The molecule has 14 heavy (non-hydrogen) atoms. The van der Waals surface area contributed by atoms with Gasteiger partial charge in [-0.3, -0.25) is 0 Å². The van der Waals surface area contributed by atoms with Crippen molar-refractivity contribution in [2.24, 2.45) is 0 Å². The third kappa shape index (κ3) is 1.35. The van der Waals surface area contributed by atoms with Gasteiger partial charge in [0.15, 0.2) is 5.79 Å². The molecule has 2 unspecified atom stereocenters. The standard InChI is InChI=1S/C12H14O2/c1-2-5-10(6-3-1)9-13-12-8-4-7-11(12)14-12/h1-3,5-6,11H,4,7-9H2. The highest BCUT2D eigenvalue weighted by Gasteiger charge is 2.60. The molecule has 1 aliphatic carbocycles. The van der Waals surface area contributed by atoms with E-state index in [2.05, 4.69) is 12.1 Å². The normalized spacial score (nSPS) is 34.1. The van der Waals surface area contributed by atoms with Crippen LogP contribution in [0.15, 0.2) is 30.3 Å². The number of hydrogen-bond donors (Lipinski definition) is 0. The molecule has 1 heterocycles. The molecule has 2 fully saturated rings. The fraction of sp³-hybridized carbons (Fsp3) is 0.500. The van der Waals surface area contributed by atoms with Crippen LogP contribution in [-0.4, -0.2) is 11.9 Å². The van der Waals surface area contributed by atoms with E-state index in [0.717, 1.165) is 6.42 Å². The maximum Gasteiger partial charge on any atom is 0.195 e. The summed E-state index contributed by atoms with van der Waals surface area (Å²) in [6.07, 6.45) is 3.89. The third-order valence-corrected chi connectivity index (χ3v) is 3.09. The maximum absolute atomic E-state index is 5.83. The highest BCUT2D eigenvalue weighted by Crippen LogP contribution is 2.50.